The van der Waals surface area contributed by atoms with Gasteiger partial charge in [0.15, 0.2) is 0 Å². The molecule has 0 saturated heterocycles. The second-order valence-corrected chi connectivity index (χ2v) is 5.36. The quantitative estimate of drug-likeness (QED) is 0.768. The van der Waals surface area contributed by atoms with Crippen molar-refractivity contribution in [3.8, 4) is 5.69 Å². The minimum Gasteiger partial charge on any atom is -0.322 e. The fourth-order valence-corrected chi connectivity index (χ4v) is 2.32. The standard InChI is InChI=1S/C15H9ClF3N5O/c16-13-5-4-10(7-12(13)15(17,18)19)21-14(25)9-2-1-3-11(6-9)24-8-20-22-23-24/h1-8H,(H,21,25). The molecule has 0 aliphatic rings. The first-order chi connectivity index (χ1) is 11.8. The summed E-state index contributed by atoms with van der Waals surface area (Å²) in [5.74, 6) is -0.578. The Labute approximate surface area is 144 Å². The molecule has 0 fully saturated rings. The highest BCUT2D eigenvalue weighted by Crippen LogP contribution is 2.36. The van der Waals surface area contributed by atoms with Crippen LogP contribution in [-0.4, -0.2) is 26.1 Å². The Balaban J connectivity index is 1.85. The number of rotatable bonds is 3. The molecule has 0 atom stereocenters. The van der Waals surface area contributed by atoms with Crippen LogP contribution in [0.3, 0.4) is 0 Å². The maximum Gasteiger partial charge on any atom is 0.417 e. The number of hydrogen-bond donors (Lipinski definition) is 1. The van der Waals surface area contributed by atoms with Crippen LogP contribution in [0.5, 0.6) is 0 Å². The van der Waals surface area contributed by atoms with Gasteiger partial charge in [0.25, 0.3) is 5.91 Å². The van der Waals surface area contributed by atoms with Gasteiger partial charge in [-0.05, 0) is 46.8 Å². The van der Waals surface area contributed by atoms with Gasteiger partial charge in [0, 0.05) is 11.3 Å². The van der Waals surface area contributed by atoms with Crippen molar-refractivity contribution >= 4 is 23.2 Å². The Bertz CT molecular complexity index is 912. The van der Waals surface area contributed by atoms with Crippen LogP contribution in [0, 0.1) is 0 Å². The summed E-state index contributed by atoms with van der Waals surface area (Å²) in [7, 11) is 0. The van der Waals surface area contributed by atoms with Crippen molar-refractivity contribution in [2.24, 2.45) is 0 Å². The highest BCUT2D eigenvalue weighted by Gasteiger charge is 2.33. The second kappa shape index (κ2) is 6.52. The maximum atomic E-state index is 12.9. The number of carbonyl (C=O) groups is 1. The molecule has 25 heavy (non-hydrogen) atoms. The Kier molecular flexibility index (Phi) is 4.41. The predicted molar refractivity (Wildman–Crippen MR) is 83.6 cm³/mol. The average molecular weight is 368 g/mol. The number of carbonyl (C=O) groups excluding carboxylic acids is 1. The number of halogens is 4. The van der Waals surface area contributed by atoms with Gasteiger partial charge in [-0.25, -0.2) is 4.68 Å². The van der Waals surface area contributed by atoms with E-state index >= 15 is 0 Å². The molecule has 0 aliphatic carbocycles. The monoisotopic (exact) mass is 367 g/mol. The maximum absolute atomic E-state index is 12.9. The van der Waals surface area contributed by atoms with Crippen molar-refractivity contribution in [2.75, 3.05) is 5.32 Å². The molecule has 1 N–H and O–H groups in total. The molecule has 128 valence electrons. The third-order valence-corrected chi connectivity index (χ3v) is 3.58. The van der Waals surface area contributed by atoms with Crippen LogP contribution in [0.15, 0.2) is 48.8 Å². The number of nitrogens with zero attached hydrogens (tertiary/aromatic N) is 4. The van der Waals surface area contributed by atoms with Gasteiger partial charge in [0.05, 0.1) is 16.3 Å². The zero-order valence-electron chi connectivity index (χ0n) is 12.3. The summed E-state index contributed by atoms with van der Waals surface area (Å²) >= 11 is 5.56. The summed E-state index contributed by atoms with van der Waals surface area (Å²) in [5.41, 5.74) is -0.273. The first-order valence-corrected chi connectivity index (χ1v) is 7.24. The van der Waals surface area contributed by atoms with Crippen LogP contribution in [0.25, 0.3) is 5.69 Å². The molecule has 3 aromatic rings. The number of alkyl halides is 3. The van der Waals surface area contributed by atoms with E-state index in [-0.39, 0.29) is 11.3 Å². The molecule has 0 aliphatic heterocycles. The van der Waals surface area contributed by atoms with E-state index in [4.69, 9.17) is 11.6 Å². The van der Waals surface area contributed by atoms with E-state index in [0.717, 1.165) is 12.1 Å². The number of benzene rings is 2. The van der Waals surface area contributed by atoms with Gasteiger partial charge >= 0.3 is 6.18 Å². The summed E-state index contributed by atoms with van der Waals surface area (Å²) in [6.45, 7) is 0. The summed E-state index contributed by atoms with van der Waals surface area (Å²) in [5, 5.41) is 12.7. The highest BCUT2D eigenvalue weighted by molar-refractivity contribution is 6.31. The molecular formula is C15H9ClF3N5O. The molecule has 6 nitrogen and oxygen atoms in total. The topological polar surface area (TPSA) is 72.7 Å². The smallest absolute Gasteiger partial charge is 0.322 e. The minimum absolute atomic E-state index is 0.0189. The molecule has 0 unspecified atom stereocenters. The molecule has 1 aromatic heterocycles. The Hall–Kier alpha value is -2.94. The number of amides is 1. The summed E-state index contributed by atoms with van der Waals surface area (Å²) in [6.07, 6.45) is -3.26. The van der Waals surface area contributed by atoms with Gasteiger partial charge in [-0.2, -0.15) is 13.2 Å². The molecule has 0 spiro atoms. The molecule has 3 rings (SSSR count). The van der Waals surface area contributed by atoms with Crippen LogP contribution in [0.4, 0.5) is 18.9 Å². The van der Waals surface area contributed by atoms with Crippen LogP contribution in [0.2, 0.25) is 5.02 Å². The lowest BCUT2D eigenvalue weighted by Gasteiger charge is -2.12. The Morgan fingerprint density at radius 1 is 1.16 bits per heavy atom. The van der Waals surface area contributed by atoms with Gasteiger partial charge in [0.2, 0.25) is 0 Å². The van der Waals surface area contributed by atoms with E-state index in [2.05, 4.69) is 20.8 Å². The van der Waals surface area contributed by atoms with Gasteiger partial charge in [-0.1, -0.05) is 17.7 Å². The summed E-state index contributed by atoms with van der Waals surface area (Å²) < 4.78 is 40.0. The zero-order chi connectivity index (χ0) is 18.0. The number of tetrazole rings is 1. The second-order valence-electron chi connectivity index (χ2n) is 4.95. The van der Waals surface area contributed by atoms with E-state index in [1.807, 2.05) is 0 Å². The predicted octanol–water partition coefficient (Wildman–Crippen LogP) is 3.59. The fourth-order valence-electron chi connectivity index (χ4n) is 2.09. The lowest BCUT2D eigenvalue weighted by atomic mass is 10.1. The average Bonchev–Trinajstić information content (AvgIpc) is 3.10. The van der Waals surface area contributed by atoms with Gasteiger partial charge < -0.3 is 5.32 Å². The van der Waals surface area contributed by atoms with Gasteiger partial charge in [-0.15, -0.1) is 5.10 Å². The summed E-state index contributed by atoms with van der Waals surface area (Å²) in [6, 6.07) is 9.46. The van der Waals surface area contributed by atoms with E-state index < -0.39 is 22.7 Å². The fraction of sp³-hybridized carbons (Fsp3) is 0.0667. The first-order valence-electron chi connectivity index (χ1n) is 6.86. The minimum atomic E-state index is -4.61. The normalized spacial score (nSPS) is 11.4. The first kappa shape index (κ1) is 16.9. The van der Waals surface area contributed by atoms with Crippen molar-refractivity contribution in [2.45, 2.75) is 6.18 Å². The SMILES string of the molecule is O=C(Nc1ccc(Cl)c(C(F)(F)F)c1)c1cccc(-n2cnnn2)c1. The number of hydrogen-bond acceptors (Lipinski definition) is 4. The van der Waals surface area contributed by atoms with Crippen LogP contribution < -0.4 is 5.32 Å². The van der Waals surface area contributed by atoms with E-state index in [0.29, 0.717) is 5.69 Å². The van der Waals surface area contributed by atoms with Crippen LogP contribution >= 0.6 is 11.6 Å². The molecule has 0 bridgehead atoms. The number of anilines is 1. The molecule has 0 saturated carbocycles. The lowest BCUT2D eigenvalue weighted by Crippen LogP contribution is -2.14. The lowest BCUT2D eigenvalue weighted by molar-refractivity contribution is -0.137. The molecule has 10 heteroatoms. The molecule has 1 amide bonds. The van der Waals surface area contributed by atoms with Crippen molar-refractivity contribution < 1.29 is 18.0 Å². The molecule has 2 aromatic carbocycles. The van der Waals surface area contributed by atoms with Crippen molar-refractivity contribution in [1.82, 2.24) is 20.2 Å². The summed E-state index contributed by atoms with van der Waals surface area (Å²) in [4.78, 5) is 12.3. The number of aromatic nitrogens is 4. The van der Waals surface area contributed by atoms with Crippen LogP contribution in [0.1, 0.15) is 15.9 Å². The molecule has 1 heterocycles. The Morgan fingerprint density at radius 3 is 2.64 bits per heavy atom. The molecule has 0 radical (unpaired) electrons. The third kappa shape index (κ3) is 3.77. The highest BCUT2D eigenvalue weighted by atomic mass is 35.5. The Morgan fingerprint density at radius 2 is 1.96 bits per heavy atom. The van der Waals surface area contributed by atoms with Crippen molar-refractivity contribution in [1.29, 1.82) is 0 Å². The van der Waals surface area contributed by atoms with E-state index in [1.54, 1.807) is 12.1 Å². The van der Waals surface area contributed by atoms with Crippen molar-refractivity contribution in [3.63, 3.8) is 0 Å². The van der Waals surface area contributed by atoms with Crippen LogP contribution in [-0.2, 0) is 6.18 Å². The third-order valence-electron chi connectivity index (χ3n) is 3.25. The van der Waals surface area contributed by atoms with Gasteiger partial charge in [-0.3, -0.25) is 4.79 Å². The van der Waals surface area contributed by atoms with Gasteiger partial charge in [0.1, 0.15) is 6.33 Å². The zero-order valence-corrected chi connectivity index (χ0v) is 13.1. The largest absolute Gasteiger partial charge is 0.417 e. The van der Waals surface area contributed by atoms with E-state index in [9.17, 15) is 18.0 Å². The van der Waals surface area contributed by atoms with E-state index in [1.165, 1.54) is 29.2 Å². The number of nitrogens with one attached hydrogen (secondary N) is 1. The molecular weight excluding hydrogens is 359 g/mol. The van der Waals surface area contributed by atoms with Crippen molar-refractivity contribution in [3.05, 3.63) is 64.9 Å².